The number of aryl methyl sites for hydroxylation is 2. The first-order chi connectivity index (χ1) is 18.7. The average Bonchev–Trinajstić information content (AvgIpc) is 3.61. The molecule has 2 aromatic heterocycles. The van der Waals surface area contributed by atoms with E-state index in [1.165, 1.54) is 0 Å². The molecule has 2 bridgehead atoms. The lowest BCUT2D eigenvalue weighted by atomic mass is 9.79. The van der Waals surface area contributed by atoms with E-state index in [0.717, 1.165) is 29.6 Å². The smallest absolute Gasteiger partial charge is 0.405 e. The number of pyridine rings is 1. The number of rotatable bonds is 6. The van der Waals surface area contributed by atoms with Gasteiger partial charge in [0.05, 0.1) is 33.7 Å². The van der Waals surface area contributed by atoms with Crippen molar-refractivity contribution in [3.63, 3.8) is 0 Å². The highest BCUT2D eigenvalue weighted by atomic mass is 35.5. The molecule has 10 heteroatoms. The molecule has 1 saturated carbocycles. The van der Waals surface area contributed by atoms with E-state index in [4.69, 9.17) is 28.2 Å². The molecule has 0 unspecified atom stereocenters. The lowest BCUT2D eigenvalue weighted by molar-refractivity contribution is 0.188. The number of hydrogen-bond acceptors (Lipinski definition) is 4. The summed E-state index contributed by atoms with van der Waals surface area (Å²) in [6.45, 7) is 4.54. The van der Waals surface area contributed by atoms with Gasteiger partial charge in [0.2, 0.25) is 0 Å². The fourth-order valence-electron chi connectivity index (χ4n) is 6.43. The van der Waals surface area contributed by atoms with Gasteiger partial charge in [0.15, 0.2) is 5.82 Å². The molecule has 39 heavy (non-hydrogen) atoms. The maximum absolute atomic E-state index is 16.6. The predicted octanol–water partition coefficient (Wildman–Crippen LogP) is 6.93. The van der Waals surface area contributed by atoms with Crippen molar-refractivity contribution in [2.45, 2.75) is 51.2 Å². The van der Waals surface area contributed by atoms with E-state index >= 15 is 4.39 Å². The fourth-order valence-corrected chi connectivity index (χ4v) is 6.83. The van der Waals surface area contributed by atoms with Gasteiger partial charge < -0.3 is 20.3 Å². The quantitative estimate of drug-likeness (QED) is 0.235. The van der Waals surface area contributed by atoms with Gasteiger partial charge in [0.25, 0.3) is 0 Å². The molecule has 7 rings (SSSR count). The Bertz CT molecular complexity index is 1700. The number of carboxylic acid groups (broad SMARTS) is 1. The summed E-state index contributed by atoms with van der Waals surface area (Å²) in [5, 5.41) is 27.0. The minimum Gasteiger partial charge on any atom is -0.465 e. The van der Waals surface area contributed by atoms with Crippen LogP contribution in [0.2, 0.25) is 10.0 Å². The average molecular weight is 566 g/mol. The number of carbonyl (C=O) groups is 1. The minimum absolute atomic E-state index is 0.119. The van der Waals surface area contributed by atoms with Gasteiger partial charge in [0, 0.05) is 52.3 Å². The Morgan fingerprint density at radius 3 is 2.82 bits per heavy atom. The third kappa shape index (κ3) is 4.03. The van der Waals surface area contributed by atoms with E-state index in [1.807, 2.05) is 26.0 Å². The van der Waals surface area contributed by atoms with Crippen LogP contribution in [-0.4, -0.2) is 33.3 Å². The molecule has 4 atom stereocenters. The van der Waals surface area contributed by atoms with E-state index in [1.54, 1.807) is 18.2 Å². The number of aromatic nitrogens is 2. The van der Waals surface area contributed by atoms with Crippen molar-refractivity contribution in [3.05, 3.63) is 63.1 Å². The summed E-state index contributed by atoms with van der Waals surface area (Å²) >= 11 is 12.8. The molecule has 3 aliphatic rings. The van der Waals surface area contributed by atoms with Crippen molar-refractivity contribution in [2.75, 3.05) is 6.54 Å². The van der Waals surface area contributed by atoms with Crippen LogP contribution >= 0.6 is 23.2 Å². The number of nitrogens with zero attached hydrogens (tertiary/aromatic N) is 3. The predicted molar refractivity (Wildman–Crippen MR) is 150 cm³/mol. The highest BCUT2D eigenvalue weighted by molar-refractivity contribution is 6.43. The van der Waals surface area contributed by atoms with Crippen molar-refractivity contribution in [1.82, 2.24) is 20.2 Å². The van der Waals surface area contributed by atoms with Crippen molar-refractivity contribution in [1.29, 1.82) is 5.26 Å². The van der Waals surface area contributed by atoms with Crippen LogP contribution in [0.5, 0.6) is 0 Å². The molecular weight excluding hydrogens is 540 g/mol. The first-order valence-electron chi connectivity index (χ1n) is 12.9. The van der Waals surface area contributed by atoms with Gasteiger partial charge in [-0.05, 0) is 56.4 Å². The molecule has 2 aromatic carbocycles. The third-order valence-corrected chi connectivity index (χ3v) is 9.03. The van der Waals surface area contributed by atoms with E-state index in [-0.39, 0.29) is 29.0 Å². The number of amides is 1. The number of benzene rings is 2. The van der Waals surface area contributed by atoms with Gasteiger partial charge in [-0.15, -0.1) is 0 Å². The summed E-state index contributed by atoms with van der Waals surface area (Å²) in [6, 6.07) is 11.0. The molecule has 7 nitrogen and oxygen atoms in total. The van der Waals surface area contributed by atoms with E-state index < -0.39 is 18.0 Å². The van der Waals surface area contributed by atoms with E-state index in [2.05, 4.69) is 21.3 Å². The lowest BCUT2D eigenvalue weighted by Gasteiger charge is -2.38. The molecule has 200 valence electrons. The number of halogens is 3. The summed E-state index contributed by atoms with van der Waals surface area (Å²) in [4.78, 5) is 16.3. The van der Waals surface area contributed by atoms with Gasteiger partial charge in [-0.25, -0.2) is 14.2 Å². The van der Waals surface area contributed by atoms with Gasteiger partial charge in [-0.3, -0.25) is 0 Å². The first kappa shape index (κ1) is 25.9. The Labute approximate surface area is 234 Å². The summed E-state index contributed by atoms with van der Waals surface area (Å²) in [6.07, 6.45) is 0.450. The molecule has 0 spiro atoms. The zero-order valence-corrected chi connectivity index (χ0v) is 22.9. The zero-order valence-electron chi connectivity index (χ0n) is 21.4. The second kappa shape index (κ2) is 9.67. The molecule has 3 N–H and O–H groups in total. The number of nitriles is 1. The van der Waals surface area contributed by atoms with E-state index in [9.17, 15) is 15.2 Å². The Morgan fingerprint density at radius 1 is 1.36 bits per heavy atom. The number of hydrogen-bond donors (Lipinski definition) is 3. The Hall–Kier alpha value is -3.38. The molecule has 4 heterocycles. The number of fused-ring (bicyclic) bond motifs is 4. The third-order valence-electron chi connectivity index (χ3n) is 8.22. The lowest BCUT2D eigenvalue weighted by Crippen LogP contribution is -2.40. The maximum atomic E-state index is 16.6. The van der Waals surface area contributed by atoms with Gasteiger partial charge in [-0.2, -0.15) is 5.26 Å². The summed E-state index contributed by atoms with van der Waals surface area (Å²) in [5.74, 6) is -0.118. The zero-order chi connectivity index (χ0) is 27.6. The summed E-state index contributed by atoms with van der Waals surface area (Å²) in [5.41, 5.74) is 3.87. The van der Waals surface area contributed by atoms with Gasteiger partial charge >= 0.3 is 6.09 Å². The van der Waals surface area contributed by atoms with Crippen molar-refractivity contribution in [2.24, 2.45) is 5.92 Å². The number of nitrogens with one attached hydrogen (secondary N) is 2. The van der Waals surface area contributed by atoms with Gasteiger partial charge in [-0.1, -0.05) is 35.3 Å². The van der Waals surface area contributed by atoms with Crippen LogP contribution in [0.4, 0.5) is 9.18 Å². The topological polar surface area (TPSA) is 103 Å². The molecule has 0 radical (unpaired) electrons. The van der Waals surface area contributed by atoms with Crippen molar-refractivity contribution in [3.8, 4) is 17.2 Å². The largest absolute Gasteiger partial charge is 0.465 e. The van der Waals surface area contributed by atoms with Crippen molar-refractivity contribution < 1.29 is 14.3 Å². The Balaban J connectivity index is 1.70. The van der Waals surface area contributed by atoms with Crippen LogP contribution in [0.3, 0.4) is 0 Å². The van der Waals surface area contributed by atoms with Crippen LogP contribution in [0.1, 0.15) is 48.8 Å². The SMILES string of the molecule is Cc1nc2c(F)c(-c3cccc(Cl)c3Cl)c(CCC#N)cc2c2c1cc([C@@H](C)NC(=O)O)n2[C@H]1[C@H]2CN[C@@H]1C2. The molecule has 1 amide bonds. The second-order valence-corrected chi connectivity index (χ2v) is 11.2. The van der Waals surface area contributed by atoms with Crippen LogP contribution in [-0.2, 0) is 6.42 Å². The Kier molecular flexibility index (Phi) is 6.41. The molecule has 4 aromatic rings. The highest BCUT2D eigenvalue weighted by Gasteiger charge is 2.49. The Morgan fingerprint density at radius 2 is 2.15 bits per heavy atom. The minimum atomic E-state index is -1.11. The molecule has 2 aliphatic heterocycles. The van der Waals surface area contributed by atoms with Crippen LogP contribution in [0.15, 0.2) is 30.3 Å². The normalized spacial score (nSPS) is 20.7. The molecule has 1 aliphatic carbocycles. The highest BCUT2D eigenvalue weighted by Crippen LogP contribution is 2.49. The molecular formula is C29H26Cl2FN5O2. The fraction of sp³-hybridized carbons (Fsp3) is 0.345. The van der Waals surface area contributed by atoms with Crippen LogP contribution in [0.25, 0.3) is 32.9 Å². The maximum Gasteiger partial charge on any atom is 0.405 e. The molecule has 2 saturated heterocycles. The van der Waals surface area contributed by atoms with Crippen LogP contribution < -0.4 is 10.6 Å². The second-order valence-electron chi connectivity index (χ2n) is 10.5. The van der Waals surface area contributed by atoms with Gasteiger partial charge in [0.1, 0.15) is 5.52 Å². The van der Waals surface area contributed by atoms with E-state index in [0.29, 0.717) is 45.1 Å². The van der Waals surface area contributed by atoms with Crippen LogP contribution in [0, 0.1) is 30.0 Å². The monoisotopic (exact) mass is 565 g/mol. The van der Waals surface area contributed by atoms with Crippen molar-refractivity contribution >= 4 is 51.1 Å². The summed E-state index contributed by atoms with van der Waals surface area (Å²) < 4.78 is 18.8. The first-order valence-corrected chi connectivity index (χ1v) is 13.7. The standard InChI is InChI=1S/C29H26Cl2FN5O2/c1-13-18-11-22(14(2)36-29(38)39)37(27-16-10-21(27)34-12-16)28(18)19-9-15(5-4-8-33)23(25(32)26(19)35-13)17-6-3-7-20(30)24(17)31/h3,6-7,9,11,14,16,21,27,34,36H,4-5,10,12H2,1-2H3,(H,38,39)/t14-,16-,21-,27+/m1/s1. The molecule has 3 fully saturated rings. The summed E-state index contributed by atoms with van der Waals surface area (Å²) in [7, 11) is 0.